The fourth-order valence-electron chi connectivity index (χ4n) is 5.15. The van der Waals surface area contributed by atoms with Gasteiger partial charge in [0.15, 0.2) is 5.82 Å². The fraction of sp³-hybridized carbons (Fsp3) is 0.480. The number of nitrogens with zero attached hydrogens (tertiary/aromatic N) is 6. The predicted octanol–water partition coefficient (Wildman–Crippen LogP) is 3.60. The van der Waals surface area contributed by atoms with Crippen LogP contribution in [0.1, 0.15) is 32.1 Å². The zero-order chi connectivity index (χ0) is 25.6. The summed E-state index contributed by atoms with van der Waals surface area (Å²) in [7, 11) is 1.51. The van der Waals surface area contributed by atoms with Gasteiger partial charge in [0.05, 0.1) is 25.3 Å². The number of alkyl halides is 1. The van der Waals surface area contributed by atoms with Crippen LogP contribution in [0.4, 0.5) is 14.7 Å². The van der Waals surface area contributed by atoms with Gasteiger partial charge in [-0.15, -0.1) is 5.10 Å². The number of likely N-dealkylation sites (tertiary alicyclic amines) is 1. The molecule has 0 unspecified atom stereocenters. The Morgan fingerprint density at radius 3 is 2.78 bits per heavy atom. The van der Waals surface area contributed by atoms with Crippen molar-refractivity contribution < 1.29 is 18.6 Å². The number of ether oxygens (including phenoxy) is 1. The van der Waals surface area contributed by atoms with E-state index in [1.54, 1.807) is 10.7 Å². The molecular weight excluding hydrogens is 468 g/mol. The van der Waals surface area contributed by atoms with Gasteiger partial charge < -0.3 is 19.7 Å². The van der Waals surface area contributed by atoms with Crippen LogP contribution in [-0.2, 0) is 0 Å². The molecule has 1 fully saturated rings. The average molecular weight is 500 g/mol. The molecule has 3 aromatic heterocycles. The number of anilines is 1. The number of β-amino-alcohol motifs (C(OH)–C–C–N with tert-alkyl or cyclic N) is 1. The fourth-order valence-corrected chi connectivity index (χ4v) is 5.15. The van der Waals surface area contributed by atoms with Crippen LogP contribution in [0.2, 0.25) is 0 Å². The minimum atomic E-state index is -1.13. The van der Waals surface area contributed by atoms with Crippen LogP contribution in [0.15, 0.2) is 24.4 Å². The van der Waals surface area contributed by atoms with Gasteiger partial charge in [-0.2, -0.15) is 4.98 Å². The number of piperidine rings is 1. The SMILES string of the molecule is COc1nc(N[C@H]2CCN(CCO)C[C@H]2F)nn2ccc(-c3cc(F)c4nc(C)n(C(C)C)c4c3)c12. The molecule has 0 saturated carbocycles. The smallest absolute Gasteiger partial charge is 0.244 e. The van der Waals surface area contributed by atoms with E-state index in [2.05, 4.69) is 20.4 Å². The zero-order valence-electron chi connectivity index (χ0n) is 20.9. The minimum Gasteiger partial charge on any atom is -0.479 e. The molecule has 5 rings (SSSR count). The molecule has 0 bridgehead atoms. The molecule has 0 aliphatic carbocycles. The number of fused-ring (bicyclic) bond motifs is 2. The first-order chi connectivity index (χ1) is 17.3. The molecule has 4 heterocycles. The Morgan fingerprint density at radius 1 is 1.28 bits per heavy atom. The Balaban J connectivity index is 1.51. The van der Waals surface area contributed by atoms with Crippen molar-refractivity contribution in [3.8, 4) is 17.0 Å². The molecule has 2 atom stereocenters. The van der Waals surface area contributed by atoms with Crippen molar-refractivity contribution >= 4 is 22.5 Å². The number of hydrogen-bond acceptors (Lipinski definition) is 7. The maximum absolute atomic E-state index is 15.1. The highest BCUT2D eigenvalue weighted by atomic mass is 19.1. The highest BCUT2D eigenvalue weighted by molar-refractivity contribution is 5.90. The molecule has 9 nitrogen and oxygen atoms in total. The topological polar surface area (TPSA) is 92.7 Å². The van der Waals surface area contributed by atoms with Crippen molar-refractivity contribution in [3.63, 3.8) is 0 Å². The molecule has 11 heteroatoms. The molecule has 0 spiro atoms. The molecule has 1 saturated heterocycles. The molecule has 4 aromatic rings. The number of aliphatic hydroxyl groups excluding tert-OH is 1. The second kappa shape index (κ2) is 9.62. The monoisotopic (exact) mass is 499 g/mol. The van der Waals surface area contributed by atoms with Crippen LogP contribution in [0, 0.1) is 12.7 Å². The Hall–Kier alpha value is -3.31. The zero-order valence-corrected chi connectivity index (χ0v) is 20.9. The van der Waals surface area contributed by atoms with Gasteiger partial charge in [-0.05, 0) is 51.0 Å². The summed E-state index contributed by atoms with van der Waals surface area (Å²) in [5.74, 6) is 0.904. The lowest BCUT2D eigenvalue weighted by molar-refractivity contribution is 0.107. The van der Waals surface area contributed by atoms with Crippen LogP contribution < -0.4 is 10.1 Å². The van der Waals surface area contributed by atoms with Gasteiger partial charge in [-0.1, -0.05) is 0 Å². The predicted molar refractivity (Wildman–Crippen MR) is 134 cm³/mol. The Kier molecular flexibility index (Phi) is 6.52. The lowest BCUT2D eigenvalue weighted by Crippen LogP contribution is -2.48. The number of methoxy groups -OCH3 is 1. The average Bonchev–Trinajstić information content (AvgIpc) is 3.41. The third kappa shape index (κ3) is 4.26. The molecule has 1 aliphatic rings. The number of nitrogens with one attached hydrogen (secondary N) is 1. The first kappa shape index (κ1) is 24.4. The molecule has 36 heavy (non-hydrogen) atoms. The lowest BCUT2D eigenvalue weighted by atomic mass is 10.0. The van der Waals surface area contributed by atoms with Gasteiger partial charge in [0, 0.05) is 37.4 Å². The minimum absolute atomic E-state index is 0.00794. The Bertz CT molecular complexity index is 1400. The normalized spacial score (nSPS) is 19.0. The summed E-state index contributed by atoms with van der Waals surface area (Å²) in [6, 6.07) is 4.90. The molecule has 2 N–H and O–H groups in total. The second-order valence-corrected chi connectivity index (χ2v) is 9.50. The van der Waals surface area contributed by atoms with Crippen molar-refractivity contribution in [2.75, 3.05) is 38.7 Å². The molecule has 1 aromatic carbocycles. The van der Waals surface area contributed by atoms with Gasteiger partial charge in [0.1, 0.15) is 23.0 Å². The standard InChI is InChI=1S/C25H31F2N7O2/c1-14(2)34-15(3)28-22-18(26)11-16(12-21(22)34)17-5-8-33-23(17)24(36-4)30-25(31-33)29-20-6-7-32(9-10-35)13-19(20)27/h5,8,11-12,14,19-20,35H,6-7,9-10,13H2,1-4H3,(H,29,31)/t19-,20+/m1/s1. The second-order valence-electron chi connectivity index (χ2n) is 9.50. The maximum atomic E-state index is 15.1. The van der Waals surface area contributed by atoms with Gasteiger partial charge in [-0.25, -0.2) is 18.3 Å². The molecular formula is C25H31F2N7O2. The third-order valence-corrected chi connectivity index (χ3v) is 6.78. The molecule has 1 aliphatic heterocycles. The summed E-state index contributed by atoms with van der Waals surface area (Å²) >= 11 is 0. The Morgan fingerprint density at radius 2 is 2.08 bits per heavy atom. The summed E-state index contributed by atoms with van der Waals surface area (Å²) < 4.78 is 39.1. The highest BCUT2D eigenvalue weighted by Crippen LogP contribution is 2.35. The van der Waals surface area contributed by atoms with Crippen molar-refractivity contribution in [2.45, 2.75) is 45.4 Å². The summed E-state index contributed by atoms with van der Waals surface area (Å²) in [6.07, 6.45) is 1.19. The van der Waals surface area contributed by atoms with E-state index in [0.717, 1.165) is 11.3 Å². The van der Waals surface area contributed by atoms with Gasteiger partial charge >= 0.3 is 0 Å². The molecule has 0 amide bonds. The number of aryl methyl sites for hydroxylation is 1. The van der Waals surface area contributed by atoms with E-state index in [9.17, 15) is 4.39 Å². The van der Waals surface area contributed by atoms with Gasteiger partial charge in [-0.3, -0.25) is 4.90 Å². The Labute approximate surface area is 207 Å². The number of hydrogen-bond donors (Lipinski definition) is 2. The van der Waals surface area contributed by atoms with Crippen molar-refractivity contribution in [1.82, 2.24) is 29.0 Å². The lowest BCUT2D eigenvalue weighted by Gasteiger charge is -2.34. The summed E-state index contributed by atoms with van der Waals surface area (Å²) in [6.45, 7) is 7.33. The molecule has 0 radical (unpaired) electrons. The number of aliphatic hydroxyl groups is 1. The number of rotatable bonds is 7. The molecule has 192 valence electrons. The first-order valence-electron chi connectivity index (χ1n) is 12.2. The summed E-state index contributed by atoms with van der Waals surface area (Å²) in [5.41, 5.74) is 3.02. The van der Waals surface area contributed by atoms with E-state index in [4.69, 9.17) is 9.84 Å². The largest absolute Gasteiger partial charge is 0.479 e. The number of benzene rings is 1. The quantitative estimate of drug-likeness (QED) is 0.401. The number of aromatic nitrogens is 5. The maximum Gasteiger partial charge on any atom is 0.244 e. The van der Waals surface area contributed by atoms with E-state index in [0.29, 0.717) is 47.6 Å². The van der Waals surface area contributed by atoms with Crippen molar-refractivity contribution in [3.05, 3.63) is 36.0 Å². The van der Waals surface area contributed by atoms with E-state index in [1.807, 2.05) is 42.4 Å². The van der Waals surface area contributed by atoms with Gasteiger partial charge in [0.2, 0.25) is 11.8 Å². The van der Waals surface area contributed by atoms with E-state index < -0.39 is 18.0 Å². The highest BCUT2D eigenvalue weighted by Gasteiger charge is 2.30. The van der Waals surface area contributed by atoms with Crippen molar-refractivity contribution in [1.29, 1.82) is 0 Å². The van der Waals surface area contributed by atoms with Crippen LogP contribution in [0.25, 0.3) is 27.7 Å². The van der Waals surface area contributed by atoms with Crippen LogP contribution in [0.5, 0.6) is 5.88 Å². The number of halogens is 2. The number of imidazole rings is 1. The van der Waals surface area contributed by atoms with Crippen LogP contribution >= 0.6 is 0 Å². The van der Waals surface area contributed by atoms with E-state index in [1.165, 1.54) is 13.2 Å². The van der Waals surface area contributed by atoms with Crippen LogP contribution in [0.3, 0.4) is 0 Å². The van der Waals surface area contributed by atoms with E-state index in [-0.39, 0.29) is 25.1 Å². The summed E-state index contributed by atoms with van der Waals surface area (Å²) in [4.78, 5) is 10.8. The first-order valence-corrected chi connectivity index (χ1v) is 12.2. The van der Waals surface area contributed by atoms with Crippen LogP contribution in [-0.4, -0.2) is 79.7 Å². The van der Waals surface area contributed by atoms with Gasteiger partial charge in [0.25, 0.3) is 0 Å². The van der Waals surface area contributed by atoms with E-state index >= 15 is 4.39 Å². The summed E-state index contributed by atoms with van der Waals surface area (Å²) in [5, 5.41) is 16.8. The third-order valence-electron chi connectivity index (χ3n) is 6.78. The van der Waals surface area contributed by atoms with Crippen molar-refractivity contribution in [2.24, 2.45) is 0 Å².